The standard InChI is InChI=1S/C11H21NO/c1-8(11(12)9(2)13)6-7-10-4-3-5-10/h8,10-11H,3-7,12H2,1-2H3. The first-order valence-electron chi connectivity index (χ1n) is 5.37. The van der Waals surface area contributed by atoms with Crippen molar-refractivity contribution in [2.45, 2.75) is 52.0 Å². The van der Waals surface area contributed by atoms with Gasteiger partial charge < -0.3 is 5.73 Å². The molecule has 2 atom stereocenters. The van der Waals surface area contributed by atoms with E-state index in [1.165, 1.54) is 25.7 Å². The van der Waals surface area contributed by atoms with Gasteiger partial charge in [0.25, 0.3) is 0 Å². The Kier molecular flexibility index (Phi) is 3.91. The molecule has 1 rings (SSSR count). The van der Waals surface area contributed by atoms with E-state index in [1.807, 2.05) is 0 Å². The van der Waals surface area contributed by atoms with Gasteiger partial charge in [0.2, 0.25) is 0 Å². The highest BCUT2D eigenvalue weighted by Gasteiger charge is 2.21. The van der Waals surface area contributed by atoms with Crippen LogP contribution in [0.4, 0.5) is 0 Å². The molecule has 2 N–H and O–H groups in total. The average Bonchev–Trinajstić information content (AvgIpc) is 1.99. The Morgan fingerprint density at radius 1 is 1.54 bits per heavy atom. The Labute approximate surface area is 80.9 Å². The molecule has 0 bridgehead atoms. The van der Waals surface area contributed by atoms with E-state index in [9.17, 15) is 4.79 Å². The van der Waals surface area contributed by atoms with Gasteiger partial charge in [-0.2, -0.15) is 0 Å². The maximum Gasteiger partial charge on any atom is 0.146 e. The number of carbonyl (C=O) groups is 1. The highest BCUT2D eigenvalue weighted by molar-refractivity contribution is 5.81. The fourth-order valence-corrected chi connectivity index (χ4v) is 1.86. The van der Waals surface area contributed by atoms with Gasteiger partial charge in [-0.15, -0.1) is 0 Å². The van der Waals surface area contributed by atoms with Gasteiger partial charge in [-0.1, -0.05) is 32.6 Å². The van der Waals surface area contributed by atoms with Crippen molar-refractivity contribution in [1.29, 1.82) is 0 Å². The normalized spacial score (nSPS) is 22.1. The molecule has 1 aliphatic carbocycles. The van der Waals surface area contributed by atoms with E-state index < -0.39 is 0 Å². The summed E-state index contributed by atoms with van der Waals surface area (Å²) in [5.41, 5.74) is 5.76. The number of Topliss-reactive ketones (excluding diaryl/α,β-unsaturated/α-hetero) is 1. The summed E-state index contributed by atoms with van der Waals surface area (Å²) in [6.45, 7) is 3.68. The van der Waals surface area contributed by atoms with Crippen LogP contribution in [0.25, 0.3) is 0 Å². The van der Waals surface area contributed by atoms with Crippen molar-refractivity contribution < 1.29 is 4.79 Å². The van der Waals surface area contributed by atoms with Crippen LogP contribution < -0.4 is 5.73 Å². The summed E-state index contributed by atoms with van der Waals surface area (Å²) in [4.78, 5) is 11.0. The van der Waals surface area contributed by atoms with Crippen LogP contribution in [-0.4, -0.2) is 11.8 Å². The summed E-state index contributed by atoms with van der Waals surface area (Å²) in [6.07, 6.45) is 6.56. The van der Waals surface area contributed by atoms with E-state index in [0.717, 1.165) is 12.3 Å². The van der Waals surface area contributed by atoms with E-state index in [-0.39, 0.29) is 11.8 Å². The van der Waals surface area contributed by atoms with E-state index in [0.29, 0.717) is 5.92 Å². The molecule has 2 unspecified atom stereocenters. The van der Waals surface area contributed by atoms with Gasteiger partial charge in [-0.3, -0.25) is 4.79 Å². The van der Waals surface area contributed by atoms with Crippen LogP contribution in [0.15, 0.2) is 0 Å². The fourth-order valence-electron chi connectivity index (χ4n) is 1.86. The third kappa shape index (κ3) is 3.11. The largest absolute Gasteiger partial charge is 0.321 e. The van der Waals surface area contributed by atoms with Gasteiger partial charge >= 0.3 is 0 Å². The van der Waals surface area contributed by atoms with E-state index in [1.54, 1.807) is 6.92 Å². The molecule has 0 aromatic heterocycles. The van der Waals surface area contributed by atoms with Crippen LogP contribution in [0.5, 0.6) is 0 Å². The molecule has 0 amide bonds. The molecule has 0 aromatic carbocycles. The SMILES string of the molecule is CC(=O)C(N)C(C)CCC1CCC1. The molecule has 2 heteroatoms. The van der Waals surface area contributed by atoms with E-state index in [2.05, 4.69) is 6.92 Å². The molecule has 1 fully saturated rings. The summed E-state index contributed by atoms with van der Waals surface area (Å²) in [5.74, 6) is 1.42. The first-order valence-corrected chi connectivity index (χ1v) is 5.37. The Balaban J connectivity index is 2.15. The zero-order valence-corrected chi connectivity index (χ0v) is 8.75. The topological polar surface area (TPSA) is 43.1 Å². The van der Waals surface area contributed by atoms with Crippen LogP contribution in [0.2, 0.25) is 0 Å². The van der Waals surface area contributed by atoms with Crippen molar-refractivity contribution in [2.75, 3.05) is 0 Å². The Morgan fingerprint density at radius 2 is 2.15 bits per heavy atom. The number of ketones is 1. The first-order chi connectivity index (χ1) is 6.11. The van der Waals surface area contributed by atoms with Crippen molar-refractivity contribution in [1.82, 2.24) is 0 Å². The van der Waals surface area contributed by atoms with Crippen LogP contribution in [0.3, 0.4) is 0 Å². The predicted octanol–water partition coefficient (Wildman–Crippen LogP) is 2.12. The quantitative estimate of drug-likeness (QED) is 0.709. The zero-order valence-electron chi connectivity index (χ0n) is 8.75. The summed E-state index contributed by atoms with van der Waals surface area (Å²) in [5, 5.41) is 0. The van der Waals surface area contributed by atoms with Crippen molar-refractivity contribution >= 4 is 5.78 Å². The highest BCUT2D eigenvalue weighted by Crippen LogP contribution is 2.31. The lowest BCUT2D eigenvalue weighted by atomic mass is 9.79. The van der Waals surface area contributed by atoms with E-state index >= 15 is 0 Å². The summed E-state index contributed by atoms with van der Waals surface area (Å²) in [6, 6.07) is -0.236. The summed E-state index contributed by atoms with van der Waals surface area (Å²) in [7, 11) is 0. The van der Waals surface area contributed by atoms with Gasteiger partial charge in [0.1, 0.15) is 5.78 Å². The molecule has 1 saturated carbocycles. The van der Waals surface area contributed by atoms with Gasteiger partial charge in [-0.25, -0.2) is 0 Å². The molecule has 13 heavy (non-hydrogen) atoms. The molecule has 76 valence electrons. The molecule has 1 aliphatic rings. The molecule has 0 spiro atoms. The van der Waals surface area contributed by atoms with Crippen molar-refractivity contribution in [3.8, 4) is 0 Å². The number of carbonyl (C=O) groups excluding carboxylic acids is 1. The number of nitrogens with two attached hydrogens (primary N) is 1. The predicted molar refractivity (Wildman–Crippen MR) is 54.4 cm³/mol. The first kappa shape index (κ1) is 10.7. The van der Waals surface area contributed by atoms with Crippen LogP contribution in [0, 0.1) is 11.8 Å². The molecule has 0 radical (unpaired) electrons. The van der Waals surface area contributed by atoms with Gasteiger partial charge in [0.05, 0.1) is 6.04 Å². The lowest BCUT2D eigenvalue weighted by Gasteiger charge is -2.27. The average molecular weight is 183 g/mol. The van der Waals surface area contributed by atoms with Crippen LogP contribution in [0.1, 0.15) is 46.0 Å². The lowest BCUT2D eigenvalue weighted by molar-refractivity contribution is -0.119. The number of rotatable bonds is 5. The second kappa shape index (κ2) is 4.75. The Bertz CT molecular complexity index is 175. The summed E-state index contributed by atoms with van der Waals surface area (Å²) < 4.78 is 0. The summed E-state index contributed by atoms with van der Waals surface area (Å²) >= 11 is 0. The molecule has 0 heterocycles. The van der Waals surface area contributed by atoms with Gasteiger partial charge in [-0.05, 0) is 25.2 Å². The minimum atomic E-state index is -0.236. The molecule has 2 nitrogen and oxygen atoms in total. The highest BCUT2D eigenvalue weighted by atomic mass is 16.1. The molecule has 0 aromatic rings. The second-order valence-electron chi connectivity index (χ2n) is 4.49. The fraction of sp³-hybridized carbons (Fsp3) is 0.909. The van der Waals surface area contributed by atoms with Crippen molar-refractivity contribution in [2.24, 2.45) is 17.6 Å². The smallest absolute Gasteiger partial charge is 0.146 e. The zero-order chi connectivity index (χ0) is 9.84. The number of hydrogen-bond donors (Lipinski definition) is 1. The van der Waals surface area contributed by atoms with Crippen LogP contribution in [-0.2, 0) is 4.79 Å². The van der Waals surface area contributed by atoms with Crippen molar-refractivity contribution in [3.05, 3.63) is 0 Å². The van der Waals surface area contributed by atoms with Gasteiger partial charge in [0, 0.05) is 0 Å². The maximum atomic E-state index is 11.0. The lowest BCUT2D eigenvalue weighted by Crippen LogP contribution is -2.35. The third-order valence-corrected chi connectivity index (χ3v) is 3.34. The molecular weight excluding hydrogens is 162 g/mol. The second-order valence-corrected chi connectivity index (χ2v) is 4.49. The molecular formula is C11H21NO. The Hall–Kier alpha value is -0.370. The molecule has 0 saturated heterocycles. The minimum absolute atomic E-state index is 0.126. The third-order valence-electron chi connectivity index (χ3n) is 3.34. The number of hydrogen-bond acceptors (Lipinski definition) is 2. The maximum absolute atomic E-state index is 11.0. The van der Waals surface area contributed by atoms with Gasteiger partial charge in [0.15, 0.2) is 0 Å². The van der Waals surface area contributed by atoms with Crippen LogP contribution >= 0.6 is 0 Å². The monoisotopic (exact) mass is 183 g/mol. The Morgan fingerprint density at radius 3 is 2.54 bits per heavy atom. The minimum Gasteiger partial charge on any atom is -0.321 e. The van der Waals surface area contributed by atoms with E-state index in [4.69, 9.17) is 5.73 Å². The molecule has 0 aliphatic heterocycles. The van der Waals surface area contributed by atoms with Crippen molar-refractivity contribution in [3.63, 3.8) is 0 Å².